The molecule has 0 saturated carbocycles. The molecule has 0 aliphatic carbocycles. The van der Waals surface area contributed by atoms with Crippen molar-refractivity contribution in [2.24, 2.45) is 0 Å². The normalized spacial score (nSPS) is 15.5. The van der Waals surface area contributed by atoms with Gasteiger partial charge in [0.25, 0.3) is 0 Å². The molecule has 0 bridgehead atoms. The maximum Gasteiger partial charge on any atom is 0.234 e. The van der Waals surface area contributed by atoms with Crippen LogP contribution in [0.3, 0.4) is 0 Å². The summed E-state index contributed by atoms with van der Waals surface area (Å²) in [6.07, 6.45) is 1.04. The first-order valence-electron chi connectivity index (χ1n) is 8.93. The van der Waals surface area contributed by atoms with Crippen LogP contribution in [-0.4, -0.2) is 55.6 Å². The Hall–Kier alpha value is -2.12. The third kappa shape index (κ3) is 5.19. The average molecular weight is 375 g/mol. The number of hydrogen-bond donors (Lipinski definition) is 1. The first kappa shape index (κ1) is 18.7. The highest BCUT2D eigenvalue weighted by Crippen LogP contribution is 2.21. The summed E-state index contributed by atoms with van der Waals surface area (Å²) in [5.74, 6) is 0.869. The van der Waals surface area contributed by atoms with Crippen molar-refractivity contribution in [3.8, 4) is 5.75 Å². The molecule has 26 heavy (non-hydrogen) atoms. The minimum absolute atomic E-state index is 0.0614. The van der Waals surface area contributed by atoms with Crippen molar-refractivity contribution in [3.63, 3.8) is 0 Å². The van der Waals surface area contributed by atoms with E-state index in [0.29, 0.717) is 13.1 Å². The van der Waals surface area contributed by atoms with Crippen LogP contribution in [0.15, 0.2) is 29.6 Å². The fourth-order valence-electron chi connectivity index (χ4n) is 3.05. The Morgan fingerprint density at radius 2 is 2.19 bits per heavy atom. The lowest BCUT2D eigenvalue weighted by Gasteiger charge is -2.21. The number of nitrogens with zero attached hydrogens (tertiary/aromatic N) is 3. The van der Waals surface area contributed by atoms with Crippen LogP contribution in [0.1, 0.15) is 17.7 Å². The number of hydrogen-bond acceptors (Lipinski definition) is 6. The van der Waals surface area contributed by atoms with E-state index in [1.807, 2.05) is 31.2 Å². The molecule has 2 aromatic rings. The molecular formula is C19H26N4O2S. The van der Waals surface area contributed by atoms with Crippen molar-refractivity contribution in [3.05, 3.63) is 40.9 Å². The van der Waals surface area contributed by atoms with Gasteiger partial charge in [-0.3, -0.25) is 9.69 Å². The minimum atomic E-state index is 0.0614. The second-order valence-electron chi connectivity index (χ2n) is 6.52. The van der Waals surface area contributed by atoms with Gasteiger partial charge in [-0.2, -0.15) is 0 Å². The lowest BCUT2D eigenvalue weighted by atomic mass is 10.2. The van der Waals surface area contributed by atoms with E-state index in [9.17, 15) is 4.79 Å². The standard InChI is InChI=1S/C19H26N4O2S/c1-15-14-26-19(21-15)23-8-4-7-22(9-10-23)13-18(24)20-12-16-5-3-6-17(11-16)25-2/h3,5-6,11,14H,4,7-10,12-13H2,1-2H3,(H,20,24). The fourth-order valence-corrected chi connectivity index (χ4v) is 3.91. The molecule has 7 heteroatoms. The lowest BCUT2D eigenvalue weighted by molar-refractivity contribution is -0.122. The highest BCUT2D eigenvalue weighted by atomic mass is 32.1. The Morgan fingerprint density at radius 3 is 2.96 bits per heavy atom. The summed E-state index contributed by atoms with van der Waals surface area (Å²) in [6.45, 7) is 6.71. The molecule has 3 rings (SSSR count). The molecule has 1 saturated heterocycles. The third-order valence-corrected chi connectivity index (χ3v) is 5.48. The van der Waals surface area contributed by atoms with Crippen LogP contribution in [0.2, 0.25) is 0 Å². The van der Waals surface area contributed by atoms with E-state index < -0.39 is 0 Å². The Labute approximate surface area is 158 Å². The Morgan fingerprint density at radius 1 is 1.31 bits per heavy atom. The van der Waals surface area contributed by atoms with Gasteiger partial charge in [-0.1, -0.05) is 12.1 Å². The number of benzene rings is 1. The molecule has 6 nitrogen and oxygen atoms in total. The van der Waals surface area contributed by atoms with Crippen molar-refractivity contribution in [2.45, 2.75) is 19.9 Å². The van der Waals surface area contributed by atoms with Crippen molar-refractivity contribution in [1.82, 2.24) is 15.2 Å². The maximum atomic E-state index is 12.3. The number of carbonyl (C=O) groups excluding carboxylic acids is 1. The van der Waals surface area contributed by atoms with Crippen LogP contribution < -0.4 is 15.0 Å². The number of nitrogens with one attached hydrogen (secondary N) is 1. The number of anilines is 1. The van der Waals surface area contributed by atoms with Crippen molar-refractivity contribution in [2.75, 3.05) is 44.7 Å². The summed E-state index contributed by atoms with van der Waals surface area (Å²) in [7, 11) is 1.65. The number of methoxy groups -OCH3 is 1. The van der Waals surface area contributed by atoms with Gasteiger partial charge < -0.3 is 15.0 Å². The fraction of sp³-hybridized carbons (Fsp3) is 0.474. The molecule has 1 aromatic carbocycles. The largest absolute Gasteiger partial charge is 0.497 e. The first-order chi connectivity index (χ1) is 12.6. The van der Waals surface area contributed by atoms with Gasteiger partial charge in [-0.05, 0) is 31.0 Å². The van der Waals surface area contributed by atoms with Gasteiger partial charge in [-0.25, -0.2) is 4.98 Å². The van der Waals surface area contributed by atoms with Gasteiger partial charge in [0.05, 0.1) is 19.3 Å². The van der Waals surface area contributed by atoms with E-state index in [1.165, 1.54) is 0 Å². The molecule has 0 spiro atoms. The maximum absolute atomic E-state index is 12.3. The van der Waals surface area contributed by atoms with Gasteiger partial charge in [0.15, 0.2) is 5.13 Å². The molecule has 0 atom stereocenters. The zero-order valence-corrected chi connectivity index (χ0v) is 16.2. The lowest BCUT2D eigenvalue weighted by Crippen LogP contribution is -2.39. The van der Waals surface area contributed by atoms with Crippen molar-refractivity contribution < 1.29 is 9.53 Å². The number of amides is 1. The highest BCUT2D eigenvalue weighted by Gasteiger charge is 2.18. The van der Waals surface area contributed by atoms with Crippen LogP contribution in [-0.2, 0) is 11.3 Å². The molecule has 1 N–H and O–H groups in total. The number of carbonyl (C=O) groups is 1. The van der Waals surface area contributed by atoms with E-state index in [2.05, 4.69) is 25.5 Å². The third-order valence-electron chi connectivity index (χ3n) is 4.46. The van der Waals surface area contributed by atoms with Crippen molar-refractivity contribution in [1.29, 1.82) is 0 Å². The number of ether oxygens (including phenoxy) is 1. The van der Waals surface area contributed by atoms with Gasteiger partial charge in [-0.15, -0.1) is 11.3 Å². The predicted molar refractivity (Wildman–Crippen MR) is 105 cm³/mol. The quantitative estimate of drug-likeness (QED) is 0.841. The van der Waals surface area contributed by atoms with Crippen LogP contribution in [0.4, 0.5) is 5.13 Å². The molecule has 1 aromatic heterocycles. The van der Waals surface area contributed by atoms with Gasteiger partial charge in [0.2, 0.25) is 5.91 Å². The van der Waals surface area contributed by atoms with E-state index >= 15 is 0 Å². The zero-order valence-electron chi connectivity index (χ0n) is 15.4. The SMILES string of the molecule is COc1cccc(CNC(=O)CN2CCCN(c3nc(C)cs3)CC2)c1. The number of aromatic nitrogens is 1. The molecule has 0 unspecified atom stereocenters. The van der Waals surface area contributed by atoms with Crippen LogP contribution >= 0.6 is 11.3 Å². The molecule has 1 amide bonds. The van der Waals surface area contributed by atoms with E-state index in [0.717, 1.165) is 54.7 Å². The summed E-state index contributed by atoms with van der Waals surface area (Å²) in [5, 5.41) is 6.18. The Kier molecular flexibility index (Phi) is 6.46. The Balaban J connectivity index is 1.45. The van der Waals surface area contributed by atoms with Gasteiger partial charge in [0, 0.05) is 38.1 Å². The Bertz CT molecular complexity index is 734. The van der Waals surface area contributed by atoms with Crippen LogP contribution in [0.25, 0.3) is 0 Å². The summed E-state index contributed by atoms with van der Waals surface area (Å²) in [6, 6.07) is 7.77. The smallest absolute Gasteiger partial charge is 0.234 e. The van der Waals surface area contributed by atoms with E-state index in [1.54, 1.807) is 18.4 Å². The molecule has 1 aliphatic rings. The number of rotatable bonds is 6. The summed E-state index contributed by atoms with van der Waals surface area (Å²) >= 11 is 1.70. The molecule has 140 valence electrons. The number of aryl methyl sites for hydroxylation is 1. The average Bonchev–Trinajstić information content (AvgIpc) is 2.95. The van der Waals surface area contributed by atoms with Gasteiger partial charge >= 0.3 is 0 Å². The predicted octanol–water partition coefficient (Wildman–Crippen LogP) is 2.29. The molecule has 1 fully saturated rings. The van der Waals surface area contributed by atoms with E-state index in [-0.39, 0.29) is 5.91 Å². The van der Waals surface area contributed by atoms with E-state index in [4.69, 9.17) is 4.74 Å². The molecule has 0 radical (unpaired) electrons. The topological polar surface area (TPSA) is 57.7 Å². The zero-order chi connectivity index (χ0) is 18.4. The minimum Gasteiger partial charge on any atom is -0.497 e. The first-order valence-corrected chi connectivity index (χ1v) is 9.81. The molecule has 1 aliphatic heterocycles. The van der Waals surface area contributed by atoms with Crippen molar-refractivity contribution >= 4 is 22.4 Å². The second kappa shape index (κ2) is 9.00. The molecule has 2 heterocycles. The summed E-state index contributed by atoms with van der Waals surface area (Å²) < 4.78 is 5.22. The highest BCUT2D eigenvalue weighted by molar-refractivity contribution is 7.13. The van der Waals surface area contributed by atoms with Crippen LogP contribution in [0, 0.1) is 6.92 Å². The summed E-state index contributed by atoms with van der Waals surface area (Å²) in [5.41, 5.74) is 2.11. The molecular weight excluding hydrogens is 348 g/mol. The summed E-state index contributed by atoms with van der Waals surface area (Å²) in [4.78, 5) is 21.4. The van der Waals surface area contributed by atoms with Gasteiger partial charge in [0.1, 0.15) is 5.75 Å². The van der Waals surface area contributed by atoms with Crippen LogP contribution in [0.5, 0.6) is 5.75 Å². The number of thiazole rings is 1. The second-order valence-corrected chi connectivity index (χ2v) is 7.35. The monoisotopic (exact) mass is 374 g/mol.